The number of rotatable bonds is 7. The van der Waals surface area contributed by atoms with Crippen LogP contribution in [0.4, 0.5) is 5.13 Å². The summed E-state index contributed by atoms with van der Waals surface area (Å²) in [6.45, 7) is 2.43. The minimum Gasteiger partial charge on any atom is -0.494 e. The molecule has 3 rings (SSSR count). The molecule has 0 unspecified atom stereocenters. The molecule has 0 bridgehead atoms. The van der Waals surface area contributed by atoms with Gasteiger partial charge in [-0.25, -0.2) is 4.98 Å². The first-order valence-corrected chi connectivity index (χ1v) is 10.1. The number of thiazole rings is 1. The molecular weight excluding hydrogens is 444 g/mol. The van der Waals surface area contributed by atoms with E-state index in [2.05, 4.69) is 26.2 Å². The van der Waals surface area contributed by atoms with Gasteiger partial charge in [-0.05, 0) is 58.8 Å². The molecule has 6 nitrogen and oxygen atoms in total. The zero-order valence-corrected chi connectivity index (χ0v) is 18.0. The van der Waals surface area contributed by atoms with E-state index >= 15 is 0 Å². The van der Waals surface area contributed by atoms with E-state index in [0.29, 0.717) is 29.0 Å². The van der Waals surface area contributed by atoms with E-state index in [1.54, 1.807) is 20.3 Å². The first-order valence-electron chi connectivity index (χ1n) is 8.48. The fourth-order valence-corrected chi connectivity index (χ4v) is 4.04. The molecule has 1 N–H and O–H groups in total. The second-order valence-corrected chi connectivity index (χ2v) is 7.50. The maximum Gasteiger partial charge on any atom is 0.250 e. The van der Waals surface area contributed by atoms with Crippen molar-refractivity contribution >= 4 is 54.6 Å². The minimum atomic E-state index is -0.276. The van der Waals surface area contributed by atoms with Crippen LogP contribution in [-0.4, -0.2) is 31.7 Å². The fourth-order valence-electron chi connectivity index (χ4n) is 2.58. The third-order valence-corrected chi connectivity index (χ3v) is 5.32. The molecule has 0 saturated heterocycles. The van der Waals surface area contributed by atoms with Crippen molar-refractivity contribution in [1.29, 1.82) is 0 Å². The Kier molecular flexibility index (Phi) is 6.53. The van der Waals surface area contributed by atoms with Crippen LogP contribution in [-0.2, 0) is 4.79 Å². The average Bonchev–Trinajstić information content (AvgIpc) is 3.10. The average molecular weight is 463 g/mol. The standard InChI is InChI=1S/C20H19BrN2O4S/c1-4-27-19-13(21)10-12(11-15(19)26-3)8-9-17(24)22-20-23-18-14(25-2)6-5-7-16(18)28-20/h5-11H,4H2,1-3H3,(H,22,23,24)/b9-8+. The number of ether oxygens (including phenoxy) is 3. The zero-order valence-electron chi connectivity index (χ0n) is 15.6. The van der Waals surface area contributed by atoms with Gasteiger partial charge in [0.1, 0.15) is 11.3 Å². The van der Waals surface area contributed by atoms with Crippen LogP contribution in [0.15, 0.2) is 40.9 Å². The predicted molar refractivity (Wildman–Crippen MR) is 116 cm³/mol. The van der Waals surface area contributed by atoms with Crippen LogP contribution in [0.25, 0.3) is 16.3 Å². The summed E-state index contributed by atoms with van der Waals surface area (Å²) in [7, 11) is 3.17. The van der Waals surface area contributed by atoms with Gasteiger partial charge in [0.25, 0.3) is 0 Å². The van der Waals surface area contributed by atoms with Crippen molar-refractivity contribution in [1.82, 2.24) is 4.98 Å². The van der Waals surface area contributed by atoms with Gasteiger partial charge in [-0.1, -0.05) is 17.4 Å². The number of nitrogens with one attached hydrogen (secondary N) is 1. The highest BCUT2D eigenvalue weighted by Crippen LogP contribution is 2.37. The third-order valence-electron chi connectivity index (χ3n) is 3.80. The Balaban J connectivity index is 1.76. The summed E-state index contributed by atoms with van der Waals surface area (Å²) < 4.78 is 17.9. The molecule has 0 saturated carbocycles. The predicted octanol–water partition coefficient (Wildman–Crippen LogP) is 5.13. The molecule has 2 aromatic carbocycles. The van der Waals surface area contributed by atoms with Crippen molar-refractivity contribution in [3.8, 4) is 17.2 Å². The van der Waals surface area contributed by atoms with E-state index in [1.807, 2.05) is 37.3 Å². The second-order valence-electron chi connectivity index (χ2n) is 5.62. The number of fused-ring (bicyclic) bond motifs is 1. The number of hydrogen-bond acceptors (Lipinski definition) is 6. The topological polar surface area (TPSA) is 69.7 Å². The van der Waals surface area contributed by atoms with Crippen LogP contribution >= 0.6 is 27.3 Å². The molecule has 0 atom stereocenters. The van der Waals surface area contributed by atoms with Crippen molar-refractivity contribution in [3.05, 3.63) is 46.4 Å². The number of halogens is 1. The van der Waals surface area contributed by atoms with Crippen molar-refractivity contribution < 1.29 is 19.0 Å². The van der Waals surface area contributed by atoms with E-state index in [9.17, 15) is 4.79 Å². The molecule has 0 fully saturated rings. The fraction of sp³-hybridized carbons (Fsp3) is 0.200. The number of benzene rings is 2. The van der Waals surface area contributed by atoms with Crippen molar-refractivity contribution in [2.45, 2.75) is 6.92 Å². The van der Waals surface area contributed by atoms with Gasteiger partial charge >= 0.3 is 0 Å². The second kappa shape index (κ2) is 9.07. The molecule has 8 heteroatoms. The number of para-hydroxylation sites is 1. The van der Waals surface area contributed by atoms with Gasteiger partial charge in [-0.3, -0.25) is 10.1 Å². The van der Waals surface area contributed by atoms with Crippen molar-refractivity contribution in [2.24, 2.45) is 0 Å². The number of hydrogen-bond donors (Lipinski definition) is 1. The summed E-state index contributed by atoms with van der Waals surface area (Å²) in [6.07, 6.45) is 3.15. The molecular formula is C20H19BrN2O4S. The van der Waals surface area contributed by atoms with Gasteiger partial charge < -0.3 is 14.2 Å². The third kappa shape index (κ3) is 4.45. The van der Waals surface area contributed by atoms with E-state index in [4.69, 9.17) is 14.2 Å². The van der Waals surface area contributed by atoms with Crippen LogP contribution in [0, 0.1) is 0 Å². The molecule has 28 heavy (non-hydrogen) atoms. The van der Waals surface area contributed by atoms with Crippen LogP contribution in [0.2, 0.25) is 0 Å². The van der Waals surface area contributed by atoms with Gasteiger partial charge in [0.2, 0.25) is 5.91 Å². The lowest BCUT2D eigenvalue weighted by Gasteiger charge is -2.12. The summed E-state index contributed by atoms with van der Waals surface area (Å²) >= 11 is 4.87. The largest absolute Gasteiger partial charge is 0.494 e. The van der Waals surface area contributed by atoms with Gasteiger partial charge in [0.15, 0.2) is 16.6 Å². The quantitative estimate of drug-likeness (QED) is 0.493. The van der Waals surface area contributed by atoms with Gasteiger partial charge in [-0.2, -0.15) is 0 Å². The van der Waals surface area contributed by atoms with E-state index < -0.39 is 0 Å². The van der Waals surface area contributed by atoms with E-state index in [0.717, 1.165) is 20.3 Å². The molecule has 0 aliphatic rings. The summed E-state index contributed by atoms with van der Waals surface area (Å²) in [4.78, 5) is 16.7. The number of amides is 1. The summed E-state index contributed by atoms with van der Waals surface area (Å²) in [5, 5.41) is 3.30. The van der Waals surface area contributed by atoms with Gasteiger partial charge in [-0.15, -0.1) is 0 Å². The number of methoxy groups -OCH3 is 2. The first kappa shape index (κ1) is 20.2. The lowest BCUT2D eigenvalue weighted by molar-refractivity contribution is -0.111. The monoisotopic (exact) mass is 462 g/mol. The van der Waals surface area contributed by atoms with E-state index in [1.165, 1.54) is 17.4 Å². The smallest absolute Gasteiger partial charge is 0.250 e. The van der Waals surface area contributed by atoms with Crippen LogP contribution in [0.3, 0.4) is 0 Å². The SMILES string of the molecule is CCOc1c(Br)cc(/C=C/C(=O)Nc2nc3c(OC)cccc3s2)cc1OC. The Morgan fingerprint density at radius 2 is 2.04 bits per heavy atom. The molecule has 1 heterocycles. The number of nitrogens with zero attached hydrogens (tertiary/aromatic N) is 1. The first-order chi connectivity index (χ1) is 13.5. The van der Waals surface area contributed by atoms with Crippen molar-refractivity contribution in [2.75, 3.05) is 26.1 Å². The lowest BCUT2D eigenvalue weighted by Crippen LogP contribution is -2.07. The normalized spacial score (nSPS) is 11.0. The van der Waals surface area contributed by atoms with Crippen LogP contribution in [0.5, 0.6) is 17.2 Å². The Bertz CT molecular complexity index is 1030. The number of anilines is 1. The molecule has 3 aromatic rings. The summed E-state index contributed by atoms with van der Waals surface area (Å²) in [5.74, 6) is 1.63. The number of aromatic nitrogens is 1. The highest BCUT2D eigenvalue weighted by molar-refractivity contribution is 9.10. The Morgan fingerprint density at radius 1 is 1.25 bits per heavy atom. The molecule has 0 spiro atoms. The Labute approximate surface area is 175 Å². The molecule has 146 valence electrons. The summed E-state index contributed by atoms with van der Waals surface area (Å²) in [5.41, 5.74) is 1.53. The highest BCUT2D eigenvalue weighted by atomic mass is 79.9. The Morgan fingerprint density at radius 3 is 2.75 bits per heavy atom. The van der Waals surface area contributed by atoms with Gasteiger partial charge in [0.05, 0.1) is 30.0 Å². The number of carbonyl (C=O) groups excluding carboxylic acids is 1. The maximum atomic E-state index is 12.3. The molecule has 1 aromatic heterocycles. The van der Waals surface area contributed by atoms with E-state index in [-0.39, 0.29) is 5.91 Å². The van der Waals surface area contributed by atoms with Crippen LogP contribution < -0.4 is 19.5 Å². The van der Waals surface area contributed by atoms with Crippen LogP contribution in [0.1, 0.15) is 12.5 Å². The molecule has 0 aliphatic heterocycles. The highest BCUT2D eigenvalue weighted by Gasteiger charge is 2.12. The minimum absolute atomic E-state index is 0.276. The summed E-state index contributed by atoms with van der Waals surface area (Å²) in [6, 6.07) is 9.33. The maximum absolute atomic E-state index is 12.3. The number of carbonyl (C=O) groups is 1. The molecule has 0 radical (unpaired) electrons. The molecule has 1 amide bonds. The zero-order chi connectivity index (χ0) is 20.1. The molecule has 0 aliphatic carbocycles. The Hall–Kier alpha value is -2.58. The lowest BCUT2D eigenvalue weighted by atomic mass is 10.2. The van der Waals surface area contributed by atoms with Crippen molar-refractivity contribution in [3.63, 3.8) is 0 Å². The van der Waals surface area contributed by atoms with Gasteiger partial charge in [0, 0.05) is 6.08 Å².